The molecule has 25 heavy (non-hydrogen) atoms. The van der Waals surface area contributed by atoms with Crippen LogP contribution in [0.3, 0.4) is 0 Å². The molecule has 0 aliphatic heterocycles. The molecular formula is C17H23ClN4O2S. The van der Waals surface area contributed by atoms with Crippen molar-refractivity contribution in [3.8, 4) is 0 Å². The quantitative estimate of drug-likeness (QED) is 0.613. The number of anilines is 1. The fourth-order valence-corrected chi connectivity index (χ4v) is 4.40. The van der Waals surface area contributed by atoms with Gasteiger partial charge in [-0.1, -0.05) is 0 Å². The molecular weight excluding hydrogens is 360 g/mol. The third-order valence-corrected chi connectivity index (χ3v) is 5.23. The molecule has 2 heterocycles. The molecule has 2 aromatic rings. The van der Waals surface area contributed by atoms with Crippen LogP contribution in [-0.2, 0) is 17.6 Å². The number of hydrogen-bond acceptors (Lipinski definition) is 6. The van der Waals surface area contributed by atoms with Crippen LogP contribution in [0.5, 0.6) is 0 Å². The van der Waals surface area contributed by atoms with Gasteiger partial charge in [0.25, 0.3) is 0 Å². The van der Waals surface area contributed by atoms with E-state index in [2.05, 4.69) is 20.6 Å². The lowest BCUT2D eigenvalue weighted by Crippen LogP contribution is -2.35. The van der Waals surface area contributed by atoms with Gasteiger partial charge >= 0.3 is 6.09 Å². The van der Waals surface area contributed by atoms with Crippen LogP contribution in [0.15, 0.2) is 0 Å². The summed E-state index contributed by atoms with van der Waals surface area (Å²) < 4.78 is 5.22. The van der Waals surface area contributed by atoms with Crippen LogP contribution in [0.2, 0.25) is 5.28 Å². The minimum absolute atomic E-state index is 0.244. The zero-order valence-corrected chi connectivity index (χ0v) is 16.3. The number of alkyl carbamates (subject to hydrolysis) is 1. The summed E-state index contributed by atoms with van der Waals surface area (Å²) in [4.78, 5) is 22.8. The summed E-state index contributed by atoms with van der Waals surface area (Å²) in [7, 11) is 0. The highest BCUT2D eigenvalue weighted by Gasteiger charge is 2.21. The van der Waals surface area contributed by atoms with Crippen LogP contribution in [0.25, 0.3) is 10.2 Å². The zero-order valence-electron chi connectivity index (χ0n) is 14.7. The predicted molar refractivity (Wildman–Crippen MR) is 102 cm³/mol. The van der Waals surface area contributed by atoms with Gasteiger partial charge in [-0.15, -0.1) is 11.3 Å². The number of thiophene rings is 1. The molecule has 0 saturated carbocycles. The summed E-state index contributed by atoms with van der Waals surface area (Å²) in [6.07, 6.45) is 4.16. The molecule has 136 valence electrons. The molecule has 1 amide bonds. The Morgan fingerprint density at radius 2 is 2.00 bits per heavy atom. The lowest BCUT2D eigenvalue weighted by Gasteiger charge is -2.19. The van der Waals surface area contributed by atoms with E-state index in [1.807, 2.05) is 20.8 Å². The number of amides is 1. The fourth-order valence-electron chi connectivity index (χ4n) is 2.92. The van der Waals surface area contributed by atoms with Crippen molar-refractivity contribution in [1.82, 2.24) is 15.3 Å². The first-order valence-corrected chi connectivity index (χ1v) is 9.71. The van der Waals surface area contributed by atoms with Gasteiger partial charge in [0.2, 0.25) is 5.28 Å². The van der Waals surface area contributed by atoms with Crippen molar-refractivity contribution in [2.24, 2.45) is 0 Å². The Kier molecular flexibility index (Phi) is 5.34. The second-order valence-electron chi connectivity index (χ2n) is 7.09. The van der Waals surface area contributed by atoms with Gasteiger partial charge in [0, 0.05) is 18.0 Å². The molecule has 3 rings (SSSR count). The second kappa shape index (κ2) is 7.33. The summed E-state index contributed by atoms with van der Waals surface area (Å²) >= 11 is 7.79. The lowest BCUT2D eigenvalue weighted by molar-refractivity contribution is 0.0530. The number of hydrogen-bond donors (Lipinski definition) is 2. The van der Waals surface area contributed by atoms with Crippen molar-refractivity contribution in [1.29, 1.82) is 0 Å². The maximum absolute atomic E-state index is 11.7. The third-order valence-electron chi connectivity index (χ3n) is 3.87. The van der Waals surface area contributed by atoms with E-state index in [9.17, 15) is 4.79 Å². The SMILES string of the molecule is CC(C)(C)OC(=O)NCCNc1nc(Cl)nc2sc3c(c12)CCCC3. The largest absolute Gasteiger partial charge is 0.444 e. The van der Waals surface area contributed by atoms with Crippen molar-refractivity contribution in [2.75, 3.05) is 18.4 Å². The first-order chi connectivity index (χ1) is 11.8. The molecule has 0 saturated heterocycles. The van der Waals surface area contributed by atoms with E-state index < -0.39 is 11.7 Å². The van der Waals surface area contributed by atoms with E-state index in [0.29, 0.717) is 13.1 Å². The fraction of sp³-hybridized carbons (Fsp3) is 0.588. The molecule has 0 unspecified atom stereocenters. The van der Waals surface area contributed by atoms with Gasteiger partial charge in [0.1, 0.15) is 16.2 Å². The molecule has 1 aliphatic carbocycles. The number of nitrogens with zero attached hydrogens (tertiary/aromatic N) is 2. The summed E-state index contributed by atoms with van der Waals surface area (Å²) in [5.74, 6) is 0.750. The number of ether oxygens (including phenoxy) is 1. The first kappa shape index (κ1) is 18.2. The average molecular weight is 383 g/mol. The van der Waals surface area contributed by atoms with Crippen LogP contribution >= 0.6 is 22.9 Å². The number of halogens is 1. The van der Waals surface area contributed by atoms with Crippen molar-refractivity contribution >= 4 is 45.1 Å². The van der Waals surface area contributed by atoms with Gasteiger partial charge in [-0.2, -0.15) is 0 Å². The summed E-state index contributed by atoms with van der Waals surface area (Å²) in [6.45, 7) is 6.48. The number of fused-ring (bicyclic) bond motifs is 3. The molecule has 0 aromatic carbocycles. The maximum Gasteiger partial charge on any atom is 0.407 e. The van der Waals surface area contributed by atoms with Crippen molar-refractivity contribution in [2.45, 2.75) is 52.1 Å². The van der Waals surface area contributed by atoms with Gasteiger partial charge < -0.3 is 15.4 Å². The number of nitrogens with one attached hydrogen (secondary N) is 2. The predicted octanol–water partition coefficient (Wildman–Crippen LogP) is 4.16. The van der Waals surface area contributed by atoms with Crippen molar-refractivity contribution in [3.05, 3.63) is 15.7 Å². The van der Waals surface area contributed by atoms with Gasteiger partial charge in [0.15, 0.2) is 0 Å². The molecule has 2 N–H and O–H groups in total. The zero-order chi connectivity index (χ0) is 18.0. The molecule has 2 aromatic heterocycles. The van der Waals surface area contributed by atoms with E-state index >= 15 is 0 Å². The number of carbonyl (C=O) groups excluding carboxylic acids is 1. The number of aromatic nitrogens is 2. The monoisotopic (exact) mass is 382 g/mol. The summed E-state index contributed by atoms with van der Waals surface area (Å²) in [6, 6.07) is 0. The molecule has 0 fully saturated rings. The minimum Gasteiger partial charge on any atom is -0.444 e. The summed E-state index contributed by atoms with van der Waals surface area (Å²) in [5, 5.41) is 7.34. The van der Waals surface area contributed by atoms with E-state index in [-0.39, 0.29) is 5.28 Å². The standard InChI is InChI=1S/C17H23ClN4O2S/c1-17(2,3)24-16(23)20-9-8-19-13-12-10-6-4-5-7-11(10)25-14(12)22-15(18)21-13/h4-9H2,1-3H3,(H,20,23)(H,19,21,22). The Morgan fingerprint density at radius 1 is 1.24 bits per heavy atom. The average Bonchev–Trinajstić information content (AvgIpc) is 2.87. The van der Waals surface area contributed by atoms with Gasteiger partial charge in [-0.3, -0.25) is 0 Å². The number of carbonyl (C=O) groups is 1. The van der Waals surface area contributed by atoms with Crippen LogP contribution in [0, 0.1) is 0 Å². The molecule has 1 aliphatic rings. The normalized spacial score (nSPS) is 14.2. The van der Waals surface area contributed by atoms with Crippen LogP contribution < -0.4 is 10.6 Å². The molecule has 6 nitrogen and oxygen atoms in total. The van der Waals surface area contributed by atoms with Crippen LogP contribution in [0.4, 0.5) is 10.6 Å². The Morgan fingerprint density at radius 3 is 2.76 bits per heavy atom. The highest BCUT2D eigenvalue weighted by atomic mass is 35.5. The molecule has 8 heteroatoms. The van der Waals surface area contributed by atoms with Gasteiger partial charge in [-0.25, -0.2) is 14.8 Å². The molecule has 0 bridgehead atoms. The van der Waals surface area contributed by atoms with Crippen LogP contribution in [-0.4, -0.2) is 34.8 Å². The van der Waals surface area contributed by atoms with Crippen molar-refractivity contribution in [3.63, 3.8) is 0 Å². The third kappa shape index (κ3) is 4.52. The van der Waals surface area contributed by atoms with E-state index in [0.717, 1.165) is 28.9 Å². The Bertz CT molecular complexity index is 785. The summed E-state index contributed by atoms with van der Waals surface area (Å²) in [5.41, 5.74) is 0.852. The highest BCUT2D eigenvalue weighted by molar-refractivity contribution is 7.19. The molecule has 0 spiro atoms. The first-order valence-electron chi connectivity index (χ1n) is 8.52. The van der Waals surface area contributed by atoms with E-state index in [1.54, 1.807) is 11.3 Å². The van der Waals surface area contributed by atoms with Crippen LogP contribution in [0.1, 0.15) is 44.1 Å². The molecule has 0 atom stereocenters. The van der Waals surface area contributed by atoms with Gasteiger partial charge in [0.05, 0.1) is 5.39 Å². The lowest BCUT2D eigenvalue weighted by atomic mass is 9.97. The maximum atomic E-state index is 11.7. The number of rotatable bonds is 4. The number of aryl methyl sites for hydroxylation is 2. The Labute approximate surface area is 156 Å². The van der Waals surface area contributed by atoms with E-state index in [1.165, 1.54) is 23.3 Å². The Hall–Kier alpha value is -1.60. The topological polar surface area (TPSA) is 76.1 Å². The second-order valence-corrected chi connectivity index (χ2v) is 8.51. The van der Waals surface area contributed by atoms with Gasteiger partial charge in [-0.05, 0) is 63.6 Å². The van der Waals surface area contributed by atoms with Crippen molar-refractivity contribution < 1.29 is 9.53 Å². The highest BCUT2D eigenvalue weighted by Crippen LogP contribution is 2.38. The Balaban J connectivity index is 1.67. The minimum atomic E-state index is -0.500. The van der Waals surface area contributed by atoms with E-state index in [4.69, 9.17) is 16.3 Å². The molecule has 0 radical (unpaired) electrons. The smallest absolute Gasteiger partial charge is 0.407 e.